The Bertz CT molecular complexity index is 231. The number of carbonyl (C=O) groups excluding carboxylic acids is 1. The highest BCUT2D eigenvalue weighted by molar-refractivity contribution is 5.67. The lowest BCUT2D eigenvalue weighted by molar-refractivity contribution is -0.125. The van der Waals surface area contributed by atoms with Crippen LogP contribution in [0.3, 0.4) is 0 Å². The van der Waals surface area contributed by atoms with E-state index in [1.165, 1.54) is 0 Å². The lowest BCUT2D eigenvalue weighted by atomic mass is 10.1. The highest BCUT2D eigenvalue weighted by Crippen LogP contribution is 2.20. The van der Waals surface area contributed by atoms with Gasteiger partial charge in [-0.3, -0.25) is 0 Å². The van der Waals surface area contributed by atoms with E-state index >= 15 is 0 Å². The Balaban J connectivity index is 2.61. The molecule has 1 heterocycles. The maximum atomic E-state index is 11.6. The standard InChI is InChI=1S/C10H20N2O3/c1-4-14-9(13)12-6-8(5-11)15-10(2,3)7-12/h8H,4-7,11H2,1-3H3. The molecular formula is C10H20N2O3. The van der Waals surface area contributed by atoms with Gasteiger partial charge < -0.3 is 20.1 Å². The zero-order valence-electron chi connectivity index (χ0n) is 9.66. The van der Waals surface area contributed by atoms with Gasteiger partial charge >= 0.3 is 6.09 Å². The Morgan fingerprint density at radius 1 is 1.67 bits per heavy atom. The second-order valence-electron chi connectivity index (χ2n) is 4.31. The summed E-state index contributed by atoms with van der Waals surface area (Å²) in [6.07, 6.45) is -0.384. The minimum atomic E-state index is -0.352. The predicted octanol–water partition coefficient (Wildman–Crippen LogP) is 0.581. The highest BCUT2D eigenvalue weighted by Gasteiger charge is 2.35. The zero-order chi connectivity index (χ0) is 11.5. The summed E-state index contributed by atoms with van der Waals surface area (Å²) >= 11 is 0. The smallest absolute Gasteiger partial charge is 0.409 e. The van der Waals surface area contributed by atoms with Crippen molar-refractivity contribution in [1.82, 2.24) is 4.90 Å². The monoisotopic (exact) mass is 216 g/mol. The fourth-order valence-electron chi connectivity index (χ4n) is 1.77. The van der Waals surface area contributed by atoms with Crippen LogP contribution >= 0.6 is 0 Å². The average Bonchev–Trinajstić information content (AvgIpc) is 2.15. The summed E-state index contributed by atoms with van der Waals surface area (Å²) < 4.78 is 10.7. The number of nitrogens with zero attached hydrogens (tertiary/aromatic N) is 1. The van der Waals surface area contributed by atoms with E-state index in [9.17, 15) is 4.79 Å². The third-order valence-corrected chi connectivity index (χ3v) is 2.27. The first-order valence-electron chi connectivity index (χ1n) is 5.28. The molecule has 1 saturated heterocycles. The van der Waals surface area contributed by atoms with Gasteiger partial charge in [0, 0.05) is 6.54 Å². The first-order chi connectivity index (χ1) is 6.98. The lowest BCUT2D eigenvalue weighted by Gasteiger charge is -2.41. The van der Waals surface area contributed by atoms with E-state index in [1.807, 2.05) is 13.8 Å². The van der Waals surface area contributed by atoms with Gasteiger partial charge in [0.2, 0.25) is 0 Å². The van der Waals surface area contributed by atoms with Crippen molar-refractivity contribution in [2.45, 2.75) is 32.5 Å². The van der Waals surface area contributed by atoms with Gasteiger partial charge in [0.25, 0.3) is 0 Å². The SMILES string of the molecule is CCOC(=O)N1CC(CN)OC(C)(C)C1. The molecule has 0 bridgehead atoms. The molecule has 0 aliphatic carbocycles. The maximum Gasteiger partial charge on any atom is 0.409 e. The molecule has 1 rings (SSSR count). The Kier molecular flexibility index (Phi) is 3.93. The van der Waals surface area contributed by atoms with E-state index in [1.54, 1.807) is 11.8 Å². The van der Waals surface area contributed by atoms with E-state index in [0.29, 0.717) is 26.2 Å². The van der Waals surface area contributed by atoms with Gasteiger partial charge in [-0.15, -0.1) is 0 Å². The molecule has 1 aliphatic heterocycles. The minimum Gasteiger partial charge on any atom is -0.450 e. The summed E-state index contributed by atoms with van der Waals surface area (Å²) in [6.45, 7) is 7.55. The number of rotatable bonds is 2. The molecule has 0 aromatic carbocycles. The number of ether oxygens (including phenoxy) is 2. The van der Waals surface area contributed by atoms with E-state index in [4.69, 9.17) is 15.2 Å². The molecule has 0 aromatic heterocycles. The van der Waals surface area contributed by atoms with Crippen molar-refractivity contribution in [3.05, 3.63) is 0 Å². The van der Waals surface area contributed by atoms with Crippen LogP contribution in [0.2, 0.25) is 0 Å². The van der Waals surface area contributed by atoms with E-state index < -0.39 is 0 Å². The fraction of sp³-hybridized carbons (Fsp3) is 0.900. The van der Waals surface area contributed by atoms with Crippen LogP contribution in [0.4, 0.5) is 4.79 Å². The molecule has 5 heteroatoms. The van der Waals surface area contributed by atoms with Crippen LogP contribution in [0.1, 0.15) is 20.8 Å². The third kappa shape index (κ3) is 3.35. The first-order valence-corrected chi connectivity index (χ1v) is 5.28. The maximum absolute atomic E-state index is 11.6. The number of carbonyl (C=O) groups is 1. The van der Waals surface area contributed by atoms with Crippen LogP contribution in [-0.4, -0.2) is 48.9 Å². The zero-order valence-corrected chi connectivity index (χ0v) is 9.66. The van der Waals surface area contributed by atoms with Crippen LogP contribution < -0.4 is 5.73 Å². The first kappa shape index (κ1) is 12.3. The van der Waals surface area contributed by atoms with E-state index in [-0.39, 0.29) is 17.8 Å². The summed E-state index contributed by atoms with van der Waals surface area (Å²) in [5, 5.41) is 0. The van der Waals surface area contributed by atoms with Crippen LogP contribution in [0.15, 0.2) is 0 Å². The quantitative estimate of drug-likeness (QED) is 0.733. The molecule has 15 heavy (non-hydrogen) atoms. The summed E-state index contributed by atoms with van der Waals surface area (Å²) in [6, 6.07) is 0. The van der Waals surface area contributed by atoms with Gasteiger partial charge in [-0.25, -0.2) is 4.79 Å². The van der Waals surface area contributed by atoms with Crippen molar-refractivity contribution in [3.8, 4) is 0 Å². The van der Waals surface area contributed by atoms with Crippen molar-refractivity contribution in [1.29, 1.82) is 0 Å². The largest absolute Gasteiger partial charge is 0.450 e. The van der Waals surface area contributed by atoms with Crippen molar-refractivity contribution in [3.63, 3.8) is 0 Å². The Morgan fingerprint density at radius 3 is 2.87 bits per heavy atom. The second-order valence-corrected chi connectivity index (χ2v) is 4.31. The molecule has 1 aliphatic rings. The van der Waals surface area contributed by atoms with Crippen molar-refractivity contribution in [2.75, 3.05) is 26.2 Å². The molecule has 1 atom stereocenters. The fourth-order valence-corrected chi connectivity index (χ4v) is 1.77. The van der Waals surface area contributed by atoms with Gasteiger partial charge in [0.15, 0.2) is 0 Å². The normalized spacial score (nSPS) is 25.1. The van der Waals surface area contributed by atoms with Gasteiger partial charge in [0.05, 0.1) is 31.4 Å². The van der Waals surface area contributed by atoms with Crippen LogP contribution in [0.5, 0.6) is 0 Å². The molecule has 5 nitrogen and oxygen atoms in total. The number of morpholine rings is 1. The summed E-state index contributed by atoms with van der Waals surface area (Å²) in [5.74, 6) is 0. The molecule has 88 valence electrons. The number of hydrogen-bond donors (Lipinski definition) is 1. The third-order valence-electron chi connectivity index (χ3n) is 2.27. The highest BCUT2D eigenvalue weighted by atomic mass is 16.6. The number of nitrogens with two attached hydrogens (primary N) is 1. The molecule has 1 fully saturated rings. The van der Waals surface area contributed by atoms with Crippen LogP contribution in [0, 0.1) is 0 Å². The van der Waals surface area contributed by atoms with Crippen LogP contribution in [-0.2, 0) is 9.47 Å². The van der Waals surface area contributed by atoms with Crippen LogP contribution in [0.25, 0.3) is 0 Å². The molecule has 1 amide bonds. The van der Waals surface area contributed by atoms with E-state index in [2.05, 4.69) is 0 Å². The van der Waals surface area contributed by atoms with E-state index in [0.717, 1.165) is 0 Å². The summed E-state index contributed by atoms with van der Waals surface area (Å²) in [4.78, 5) is 13.2. The Hall–Kier alpha value is -0.810. The average molecular weight is 216 g/mol. The molecule has 1 unspecified atom stereocenters. The van der Waals surface area contributed by atoms with Gasteiger partial charge in [0.1, 0.15) is 0 Å². The number of amides is 1. The molecule has 0 saturated carbocycles. The molecule has 0 aromatic rings. The predicted molar refractivity (Wildman–Crippen MR) is 56.6 cm³/mol. The number of hydrogen-bond acceptors (Lipinski definition) is 4. The van der Waals surface area contributed by atoms with Crippen molar-refractivity contribution in [2.24, 2.45) is 5.73 Å². The Morgan fingerprint density at radius 2 is 2.33 bits per heavy atom. The molecule has 0 spiro atoms. The van der Waals surface area contributed by atoms with Crippen molar-refractivity contribution >= 4 is 6.09 Å². The molecule has 0 radical (unpaired) electrons. The van der Waals surface area contributed by atoms with Gasteiger partial charge in [-0.2, -0.15) is 0 Å². The van der Waals surface area contributed by atoms with Crippen molar-refractivity contribution < 1.29 is 14.3 Å². The second kappa shape index (κ2) is 4.81. The van der Waals surface area contributed by atoms with Gasteiger partial charge in [-0.05, 0) is 20.8 Å². The molecular weight excluding hydrogens is 196 g/mol. The Labute approximate surface area is 90.5 Å². The summed E-state index contributed by atoms with van der Waals surface area (Å²) in [7, 11) is 0. The van der Waals surface area contributed by atoms with Gasteiger partial charge in [-0.1, -0.05) is 0 Å². The summed E-state index contributed by atoms with van der Waals surface area (Å²) in [5.41, 5.74) is 5.20. The topological polar surface area (TPSA) is 64.8 Å². The lowest BCUT2D eigenvalue weighted by Crippen LogP contribution is -2.56. The molecule has 2 N–H and O–H groups in total. The minimum absolute atomic E-state index is 0.0989.